The largest absolute Gasteiger partial charge is 0.479 e. The minimum atomic E-state index is -0.301. The molecule has 1 heterocycles. The van der Waals surface area contributed by atoms with Crippen LogP contribution in [0.3, 0.4) is 0 Å². The number of carbonyl (C=O) groups excluding carboxylic acids is 2. The van der Waals surface area contributed by atoms with E-state index < -0.39 is 0 Å². The summed E-state index contributed by atoms with van der Waals surface area (Å²) < 4.78 is 5.15. The Morgan fingerprint density at radius 1 is 1.21 bits per heavy atom. The molecule has 1 saturated heterocycles. The summed E-state index contributed by atoms with van der Waals surface area (Å²) in [4.78, 5) is 25.5. The molecule has 0 saturated carbocycles. The number of hydrogen-bond acceptors (Lipinski definition) is 4. The Bertz CT molecular complexity index is 626. The van der Waals surface area contributed by atoms with E-state index in [1.165, 1.54) is 12.5 Å². The molecule has 1 N–H and O–H groups in total. The van der Waals surface area contributed by atoms with Crippen LogP contribution in [0.25, 0.3) is 6.08 Å². The summed E-state index contributed by atoms with van der Waals surface area (Å²) in [7, 11) is 0. The molecule has 1 aliphatic rings. The first-order valence-corrected chi connectivity index (χ1v) is 8.02. The molecule has 24 heavy (non-hydrogen) atoms. The maximum atomic E-state index is 12.0. The molecule has 2 rings (SSSR count). The number of ether oxygens (including phenoxy) is 1. The summed E-state index contributed by atoms with van der Waals surface area (Å²) in [5.74, 6) is 0.269. The van der Waals surface area contributed by atoms with Crippen molar-refractivity contribution in [2.45, 2.75) is 19.3 Å². The van der Waals surface area contributed by atoms with Gasteiger partial charge in [0.15, 0.2) is 6.61 Å². The number of hydrogen-bond donors (Lipinski definition) is 1. The molecule has 1 aromatic rings. The average Bonchev–Trinajstić information content (AvgIpc) is 2.64. The van der Waals surface area contributed by atoms with Gasteiger partial charge in [-0.2, -0.15) is 5.26 Å². The van der Waals surface area contributed by atoms with E-state index in [1.807, 2.05) is 6.07 Å². The van der Waals surface area contributed by atoms with Crippen molar-refractivity contribution in [3.05, 3.63) is 35.9 Å². The van der Waals surface area contributed by atoms with Crippen LogP contribution < -0.4 is 10.1 Å². The molecular weight excluding hydrogens is 306 g/mol. The monoisotopic (exact) mass is 327 g/mol. The summed E-state index contributed by atoms with van der Waals surface area (Å²) in [6.45, 7) is 1.60. The van der Waals surface area contributed by atoms with Crippen molar-refractivity contribution in [1.29, 1.82) is 5.26 Å². The second kappa shape index (κ2) is 9.36. The van der Waals surface area contributed by atoms with Crippen LogP contribution in [0.4, 0.5) is 0 Å². The Labute approximate surface area is 141 Å². The van der Waals surface area contributed by atoms with E-state index in [-0.39, 0.29) is 25.0 Å². The molecule has 1 aliphatic heterocycles. The Balaban J connectivity index is 1.75. The molecule has 1 aromatic carbocycles. The van der Waals surface area contributed by atoms with Crippen LogP contribution in [-0.4, -0.2) is 43.0 Å². The molecule has 0 atom stereocenters. The van der Waals surface area contributed by atoms with E-state index in [4.69, 9.17) is 10.00 Å². The molecule has 0 aromatic heterocycles. The lowest BCUT2D eigenvalue weighted by atomic mass is 10.1. The van der Waals surface area contributed by atoms with Gasteiger partial charge in [-0.25, -0.2) is 0 Å². The van der Waals surface area contributed by atoms with Gasteiger partial charge in [-0.05, 0) is 43.0 Å². The normalized spacial score (nSPS) is 14.2. The third-order valence-corrected chi connectivity index (χ3v) is 3.73. The Morgan fingerprint density at radius 2 is 1.92 bits per heavy atom. The quantitative estimate of drug-likeness (QED) is 0.807. The van der Waals surface area contributed by atoms with Crippen LogP contribution in [0.15, 0.2) is 30.3 Å². The summed E-state index contributed by atoms with van der Waals surface area (Å²) in [6.07, 6.45) is 6.30. The number of likely N-dealkylation sites (tertiary alicyclic amines) is 1. The molecule has 1 fully saturated rings. The van der Waals surface area contributed by atoms with Gasteiger partial charge in [0.2, 0.25) is 11.8 Å². The highest BCUT2D eigenvalue weighted by Crippen LogP contribution is 2.13. The van der Waals surface area contributed by atoms with E-state index in [0.717, 1.165) is 31.5 Å². The number of nitrogens with one attached hydrogen (secondary N) is 1. The van der Waals surface area contributed by atoms with Gasteiger partial charge in [-0.1, -0.05) is 12.1 Å². The van der Waals surface area contributed by atoms with E-state index in [2.05, 4.69) is 5.32 Å². The summed E-state index contributed by atoms with van der Waals surface area (Å²) >= 11 is 0. The molecule has 0 aliphatic carbocycles. The van der Waals surface area contributed by atoms with Crippen LogP contribution in [0.5, 0.6) is 5.75 Å². The molecule has 0 radical (unpaired) electrons. The Kier molecular flexibility index (Phi) is 6.84. The summed E-state index contributed by atoms with van der Waals surface area (Å²) in [6, 6.07) is 8.93. The third kappa shape index (κ3) is 5.76. The molecular formula is C18H21N3O3. The summed E-state index contributed by atoms with van der Waals surface area (Å²) in [5, 5.41) is 11.1. The lowest BCUT2D eigenvalue weighted by Crippen LogP contribution is -2.42. The highest BCUT2D eigenvalue weighted by atomic mass is 16.5. The van der Waals surface area contributed by atoms with Crippen LogP contribution in [0, 0.1) is 11.3 Å². The van der Waals surface area contributed by atoms with E-state index in [0.29, 0.717) is 5.75 Å². The molecule has 2 amide bonds. The number of carbonyl (C=O) groups is 2. The van der Waals surface area contributed by atoms with Gasteiger partial charge in [0.25, 0.3) is 0 Å². The molecule has 6 nitrogen and oxygen atoms in total. The fourth-order valence-electron chi connectivity index (χ4n) is 2.44. The first-order valence-electron chi connectivity index (χ1n) is 8.02. The van der Waals surface area contributed by atoms with Crippen LogP contribution >= 0.6 is 0 Å². The van der Waals surface area contributed by atoms with Gasteiger partial charge < -0.3 is 15.0 Å². The SMILES string of the molecule is N#CCOc1ccc(/C=C/C(=O)NCC(=O)N2CCCCC2)cc1. The lowest BCUT2D eigenvalue weighted by Gasteiger charge is -2.26. The number of benzene rings is 1. The van der Waals surface area contributed by atoms with E-state index in [1.54, 1.807) is 35.2 Å². The van der Waals surface area contributed by atoms with Gasteiger partial charge in [0, 0.05) is 19.2 Å². The number of piperidine rings is 1. The highest BCUT2D eigenvalue weighted by Gasteiger charge is 2.16. The van der Waals surface area contributed by atoms with E-state index in [9.17, 15) is 9.59 Å². The van der Waals surface area contributed by atoms with Crippen molar-refractivity contribution in [2.75, 3.05) is 26.2 Å². The first-order chi connectivity index (χ1) is 11.7. The van der Waals surface area contributed by atoms with Gasteiger partial charge in [-0.3, -0.25) is 9.59 Å². The maximum Gasteiger partial charge on any atom is 0.244 e. The summed E-state index contributed by atoms with van der Waals surface area (Å²) in [5.41, 5.74) is 0.830. The number of nitrogens with zero attached hydrogens (tertiary/aromatic N) is 2. The van der Waals surface area contributed by atoms with Crippen molar-refractivity contribution in [2.24, 2.45) is 0 Å². The van der Waals surface area contributed by atoms with Crippen LogP contribution in [0.2, 0.25) is 0 Å². The van der Waals surface area contributed by atoms with Crippen molar-refractivity contribution >= 4 is 17.9 Å². The highest BCUT2D eigenvalue weighted by molar-refractivity contribution is 5.94. The maximum absolute atomic E-state index is 12.0. The fourth-order valence-corrected chi connectivity index (χ4v) is 2.44. The van der Waals surface area contributed by atoms with Gasteiger partial charge in [0.1, 0.15) is 11.8 Å². The average molecular weight is 327 g/mol. The number of rotatable bonds is 6. The zero-order valence-corrected chi connectivity index (χ0v) is 13.5. The second-order valence-corrected chi connectivity index (χ2v) is 5.51. The number of amides is 2. The van der Waals surface area contributed by atoms with Gasteiger partial charge in [0.05, 0.1) is 6.54 Å². The smallest absolute Gasteiger partial charge is 0.244 e. The number of nitriles is 1. The van der Waals surface area contributed by atoms with Crippen molar-refractivity contribution < 1.29 is 14.3 Å². The topological polar surface area (TPSA) is 82.4 Å². The minimum Gasteiger partial charge on any atom is -0.479 e. The zero-order chi connectivity index (χ0) is 17.2. The fraction of sp³-hybridized carbons (Fsp3) is 0.389. The third-order valence-electron chi connectivity index (χ3n) is 3.73. The molecule has 0 unspecified atom stereocenters. The van der Waals surface area contributed by atoms with Crippen molar-refractivity contribution in [1.82, 2.24) is 10.2 Å². The molecule has 0 bridgehead atoms. The predicted octanol–water partition coefficient (Wildman–Crippen LogP) is 1.73. The molecule has 0 spiro atoms. The first kappa shape index (κ1) is 17.5. The lowest BCUT2D eigenvalue weighted by molar-refractivity contribution is -0.132. The standard InChI is InChI=1S/C18H21N3O3/c19-10-13-24-16-7-4-15(5-8-16)6-9-17(22)20-14-18(23)21-11-2-1-3-12-21/h4-9H,1-3,11-14H2,(H,20,22)/b9-6+. The van der Waals surface area contributed by atoms with E-state index >= 15 is 0 Å². The van der Waals surface area contributed by atoms with Crippen LogP contribution in [0.1, 0.15) is 24.8 Å². The van der Waals surface area contributed by atoms with Crippen molar-refractivity contribution in [3.8, 4) is 11.8 Å². The van der Waals surface area contributed by atoms with Gasteiger partial charge in [-0.15, -0.1) is 0 Å². The zero-order valence-electron chi connectivity index (χ0n) is 13.5. The van der Waals surface area contributed by atoms with Gasteiger partial charge >= 0.3 is 0 Å². The Morgan fingerprint density at radius 3 is 2.58 bits per heavy atom. The van der Waals surface area contributed by atoms with Crippen LogP contribution in [-0.2, 0) is 9.59 Å². The molecule has 6 heteroatoms. The van der Waals surface area contributed by atoms with Crippen molar-refractivity contribution in [3.63, 3.8) is 0 Å². The minimum absolute atomic E-state index is 0.00262. The second-order valence-electron chi connectivity index (χ2n) is 5.51. The predicted molar refractivity (Wildman–Crippen MR) is 90.0 cm³/mol. The Hall–Kier alpha value is -2.81. The molecule has 126 valence electrons.